The highest BCUT2D eigenvalue weighted by Gasteiger charge is 2.18. The van der Waals surface area contributed by atoms with Gasteiger partial charge in [0.15, 0.2) is 5.69 Å². The number of carbonyl (C=O) groups is 2. The molecule has 0 aliphatic heterocycles. The molecule has 2 heterocycles. The van der Waals surface area contributed by atoms with Crippen LogP contribution in [0.25, 0.3) is 0 Å². The molecule has 0 fully saturated rings. The van der Waals surface area contributed by atoms with Gasteiger partial charge in [0.2, 0.25) is 0 Å². The fourth-order valence-corrected chi connectivity index (χ4v) is 1.65. The van der Waals surface area contributed by atoms with E-state index in [1.165, 1.54) is 17.0 Å². The van der Waals surface area contributed by atoms with Crippen LogP contribution in [0, 0.1) is 0 Å². The third-order valence-electron chi connectivity index (χ3n) is 2.60. The molecule has 2 rings (SSSR count). The number of aromatic nitrogens is 2. The molecule has 0 saturated heterocycles. The average Bonchev–Trinajstić information content (AvgIpc) is 3.05. The van der Waals surface area contributed by atoms with E-state index in [1.807, 2.05) is 0 Å². The first-order valence-corrected chi connectivity index (χ1v) is 6.13. The van der Waals surface area contributed by atoms with Crippen molar-refractivity contribution in [2.24, 2.45) is 7.05 Å². The summed E-state index contributed by atoms with van der Waals surface area (Å²) in [6, 6.07) is 4.89. The van der Waals surface area contributed by atoms with E-state index < -0.39 is 5.97 Å². The SMILES string of the molecule is CCOC(=O)c1cc(C(=O)NCc2ccco2)nn1C. The molecule has 0 radical (unpaired) electrons. The fraction of sp³-hybridized carbons (Fsp3) is 0.308. The molecule has 7 heteroatoms. The first-order valence-electron chi connectivity index (χ1n) is 6.13. The van der Waals surface area contributed by atoms with Gasteiger partial charge in [0, 0.05) is 13.1 Å². The van der Waals surface area contributed by atoms with Crippen LogP contribution >= 0.6 is 0 Å². The normalized spacial score (nSPS) is 10.3. The number of hydrogen-bond donors (Lipinski definition) is 1. The van der Waals surface area contributed by atoms with Gasteiger partial charge in [-0.3, -0.25) is 9.48 Å². The van der Waals surface area contributed by atoms with Gasteiger partial charge in [-0.15, -0.1) is 0 Å². The number of amides is 1. The maximum atomic E-state index is 11.9. The van der Waals surface area contributed by atoms with Crippen LogP contribution in [0.2, 0.25) is 0 Å². The van der Waals surface area contributed by atoms with Gasteiger partial charge in [-0.2, -0.15) is 5.10 Å². The Hall–Kier alpha value is -2.57. The van der Waals surface area contributed by atoms with Crippen molar-refractivity contribution in [1.82, 2.24) is 15.1 Å². The first-order chi connectivity index (χ1) is 9.61. The predicted octanol–water partition coefficient (Wildman–Crippen LogP) is 1.12. The summed E-state index contributed by atoms with van der Waals surface area (Å²) in [6.07, 6.45) is 1.53. The van der Waals surface area contributed by atoms with Crippen LogP contribution < -0.4 is 5.32 Å². The molecule has 0 atom stereocenters. The fourth-order valence-electron chi connectivity index (χ4n) is 1.65. The van der Waals surface area contributed by atoms with Crippen molar-refractivity contribution in [1.29, 1.82) is 0 Å². The van der Waals surface area contributed by atoms with Crippen LogP contribution in [0.4, 0.5) is 0 Å². The maximum absolute atomic E-state index is 11.9. The summed E-state index contributed by atoms with van der Waals surface area (Å²) in [7, 11) is 1.58. The highest BCUT2D eigenvalue weighted by atomic mass is 16.5. The van der Waals surface area contributed by atoms with E-state index in [2.05, 4.69) is 10.4 Å². The van der Waals surface area contributed by atoms with Crippen LogP contribution in [0.15, 0.2) is 28.9 Å². The lowest BCUT2D eigenvalue weighted by Crippen LogP contribution is -2.23. The molecule has 1 N–H and O–H groups in total. The second-order valence-electron chi connectivity index (χ2n) is 4.02. The van der Waals surface area contributed by atoms with Crippen molar-refractivity contribution >= 4 is 11.9 Å². The van der Waals surface area contributed by atoms with Crippen molar-refractivity contribution in [3.8, 4) is 0 Å². The lowest BCUT2D eigenvalue weighted by atomic mass is 10.3. The third kappa shape index (κ3) is 3.05. The minimum absolute atomic E-state index is 0.155. The highest BCUT2D eigenvalue weighted by molar-refractivity contribution is 5.95. The van der Waals surface area contributed by atoms with Crippen molar-refractivity contribution < 1.29 is 18.7 Å². The smallest absolute Gasteiger partial charge is 0.356 e. The quantitative estimate of drug-likeness (QED) is 0.828. The standard InChI is InChI=1S/C13H15N3O4/c1-3-19-13(18)11-7-10(15-16(11)2)12(17)14-8-9-5-4-6-20-9/h4-7H,3,8H2,1-2H3,(H,14,17). The summed E-state index contributed by atoms with van der Waals surface area (Å²) in [4.78, 5) is 23.5. The largest absolute Gasteiger partial charge is 0.467 e. The van der Waals surface area contributed by atoms with Crippen LogP contribution in [-0.4, -0.2) is 28.3 Å². The Morgan fingerprint density at radius 2 is 2.30 bits per heavy atom. The van der Waals surface area contributed by atoms with Gasteiger partial charge in [0.1, 0.15) is 11.5 Å². The van der Waals surface area contributed by atoms with Crippen molar-refractivity contribution in [2.75, 3.05) is 6.61 Å². The highest BCUT2D eigenvalue weighted by Crippen LogP contribution is 2.06. The van der Waals surface area contributed by atoms with Gasteiger partial charge in [-0.05, 0) is 19.1 Å². The Labute approximate surface area is 115 Å². The van der Waals surface area contributed by atoms with E-state index in [0.29, 0.717) is 5.76 Å². The second-order valence-corrected chi connectivity index (χ2v) is 4.02. The summed E-state index contributed by atoms with van der Waals surface area (Å²) in [5.41, 5.74) is 0.386. The summed E-state index contributed by atoms with van der Waals surface area (Å²) >= 11 is 0. The van der Waals surface area contributed by atoms with Gasteiger partial charge in [0.05, 0.1) is 19.4 Å². The number of rotatable bonds is 5. The molecule has 0 aliphatic rings. The van der Waals surface area contributed by atoms with Crippen LogP contribution in [-0.2, 0) is 18.3 Å². The molecule has 0 spiro atoms. The van der Waals surface area contributed by atoms with E-state index in [1.54, 1.807) is 26.1 Å². The Bertz CT molecular complexity index is 601. The Balaban J connectivity index is 2.03. The first kappa shape index (κ1) is 13.9. The maximum Gasteiger partial charge on any atom is 0.356 e. The number of aryl methyl sites for hydroxylation is 1. The molecule has 2 aromatic heterocycles. The van der Waals surface area contributed by atoms with Crippen molar-refractivity contribution in [2.45, 2.75) is 13.5 Å². The Morgan fingerprint density at radius 3 is 2.95 bits per heavy atom. The zero-order chi connectivity index (χ0) is 14.5. The van der Waals surface area contributed by atoms with E-state index in [0.717, 1.165) is 0 Å². The lowest BCUT2D eigenvalue weighted by Gasteiger charge is -1.99. The molecule has 20 heavy (non-hydrogen) atoms. The molecule has 106 valence electrons. The Morgan fingerprint density at radius 1 is 1.50 bits per heavy atom. The van der Waals surface area contributed by atoms with E-state index in [9.17, 15) is 9.59 Å². The molecule has 7 nitrogen and oxygen atoms in total. The second kappa shape index (κ2) is 6.05. The summed E-state index contributed by atoms with van der Waals surface area (Å²) in [6.45, 7) is 2.24. The topological polar surface area (TPSA) is 86.4 Å². The monoisotopic (exact) mass is 277 g/mol. The predicted molar refractivity (Wildman–Crippen MR) is 69.0 cm³/mol. The van der Waals surface area contributed by atoms with Gasteiger partial charge in [0.25, 0.3) is 5.91 Å². The number of hydrogen-bond acceptors (Lipinski definition) is 5. The van der Waals surface area contributed by atoms with Gasteiger partial charge in [-0.1, -0.05) is 0 Å². The van der Waals surface area contributed by atoms with Crippen LogP contribution in [0.1, 0.15) is 33.7 Å². The molecular formula is C13H15N3O4. The minimum Gasteiger partial charge on any atom is -0.467 e. The molecular weight excluding hydrogens is 262 g/mol. The van der Waals surface area contributed by atoms with Gasteiger partial charge in [-0.25, -0.2) is 4.79 Å². The zero-order valence-electron chi connectivity index (χ0n) is 11.3. The number of esters is 1. The molecule has 1 amide bonds. The molecule has 0 aliphatic carbocycles. The summed E-state index contributed by atoms with van der Waals surface area (Å²) < 4.78 is 11.3. The minimum atomic E-state index is -0.507. The van der Waals surface area contributed by atoms with Crippen LogP contribution in [0.5, 0.6) is 0 Å². The third-order valence-corrected chi connectivity index (χ3v) is 2.60. The number of nitrogens with zero attached hydrogens (tertiary/aromatic N) is 2. The number of furan rings is 1. The molecule has 0 unspecified atom stereocenters. The molecule has 0 aromatic carbocycles. The average molecular weight is 277 g/mol. The lowest BCUT2D eigenvalue weighted by molar-refractivity contribution is 0.0513. The molecule has 0 bridgehead atoms. The zero-order valence-corrected chi connectivity index (χ0v) is 11.3. The van der Waals surface area contributed by atoms with E-state index in [-0.39, 0.29) is 30.4 Å². The van der Waals surface area contributed by atoms with Crippen molar-refractivity contribution in [3.63, 3.8) is 0 Å². The number of carbonyl (C=O) groups excluding carboxylic acids is 2. The van der Waals surface area contributed by atoms with E-state index >= 15 is 0 Å². The molecule has 2 aromatic rings. The summed E-state index contributed by atoms with van der Waals surface area (Å²) in [5.74, 6) is -0.250. The Kier molecular flexibility index (Phi) is 4.19. The van der Waals surface area contributed by atoms with Crippen LogP contribution in [0.3, 0.4) is 0 Å². The molecule has 0 saturated carbocycles. The number of nitrogens with one attached hydrogen (secondary N) is 1. The van der Waals surface area contributed by atoms with E-state index in [4.69, 9.17) is 9.15 Å². The van der Waals surface area contributed by atoms with Gasteiger partial charge < -0.3 is 14.5 Å². The summed E-state index contributed by atoms with van der Waals surface area (Å²) in [5, 5.41) is 6.64. The van der Waals surface area contributed by atoms with Crippen molar-refractivity contribution in [3.05, 3.63) is 41.6 Å². The number of ether oxygens (including phenoxy) is 1. The van der Waals surface area contributed by atoms with Gasteiger partial charge >= 0.3 is 5.97 Å².